The van der Waals surface area contributed by atoms with E-state index in [1.165, 1.54) is 38.6 Å². The molecule has 0 bridgehead atoms. The Morgan fingerprint density at radius 2 is 1.85 bits per heavy atom. The van der Waals surface area contributed by atoms with Crippen LogP contribution in [0.15, 0.2) is 0 Å². The molecule has 0 amide bonds. The van der Waals surface area contributed by atoms with Crippen LogP contribution in [0.1, 0.15) is 38.5 Å². The summed E-state index contributed by atoms with van der Waals surface area (Å²) in [6.07, 6.45) is 7.49. The van der Waals surface area contributed by atoms with Crippen LogP contribution in [0.3, 0.4) is 0 Å². The third-order valence-electron chi connectivity index (χ3n) is 3.72. The van der Waals surface area contributed by atoms with E-state index in [1.807, 2.05) is 0 Å². The number of aliphatic hydroxyl groups is 1. The molecule has 13 heavy (non-hydrogen) atoms. The molecule has 76 valence electrons. The Morgan fingerprint density at radius 1 is 1.00 bits per heavy atom. The van der Waals surface area contributed by atoms with Gasteiger partial charge in [0.05, 0.1) is 6.10 Å². The third kappa shape index (κ3) is 2.23. The molecule has 1 heterocycles. The zero-order valence-electron chi connectivity index (χ0n) is 8.34. The van der Waals surface area contributed by atoms with Gasteiger partial charge in [0, 0.05) is 0 Å². The molecular weight excluding hydrogens is 162 g/mol. The van der Waals surface area contributed by atoms with E-state index in [0.29, 0.717) is 5.92 Å². The van der Waals surface area contributed by atoms with Gasteiger partial charge in [-0.15, -0.1) is 0 Å². The zero-order chi connectivity index (χ0) is 9.10. The monoisotopic (exact) mass is 183 g/mol. The molecule has 0 aromatic rings. The lowest BCUT2D eigenvalue weighted by atomic mass is 9.75. The molecule has 1 saturated carbocycles. The maximum absolute atomic E-state index is 9.89. The second kappa shape index (κ2) is 4.43. The number of piperidine rings is 1. The lowest BCUT2D eigenvalue weighted by Gasteiger charge is -2.36. The molecule has 0 aromatic carbocycles. The van der Waals surface area contributed by atoms with E-state index in [1.54, 1.807) is 0 Å². The van der Waals surface area contributed by atoms with Crippen LogP contribution in [0.25, 0.3) is 0 Å². The minimum absolute atomic E-state index is 0.00125. The molecule has 1 aliphatic carbocycles. The first kappa shape index (κ1) is 9.47. The molecule has 1 saturated heterocycles. The molecule has 2 N–H and O–H groups in total. The van der Waals surface area contributed by atoms with E-state index < -0.39 is 0 Å². The number of aliphatic hydroxyl groups excluding tert-OH is 1. The lowest BCUT2D eigenvalue weighted by Crippen LogP contribution is -2.40. The number of rotatable bonds is 1. The second-order valence-electron chi connectivity index (χ2n) is 4.62. The first-order valence-electron chi connectivity index (χ1n) is 5.76. The van der Waals surface area contributed by atoms with Crippen molar-refractivity contribution in [1.82, 2.24) is 5.32 Å². The van der Waals surface area contributed by atoms with Gasteiger partial charge in [-0.1, -0.05) is 12.8 Å². The molecular formula is C11H21NO. The van der Waals surface area contributed by atoms with Crippen LogP contribution in [-0.2, 0) is 0 Å². The van der Waals surface area contributed by atoms with Crippen LogP contribution >= 0.6 is 0 Å². The van der Waals surface area contributed by atoms with Gasteiger partial charge in [-0.2, -0.15) is 0 Å². The topological polar surface area (TPSA) is 32.3 Å². The molecule has 0 aromatic heterocycles. The van der Waals surface area contributed by atoms with Gasteiger partial charge in [0.25, 0.3) is 0 Å². The minimum Gasteiger partial charge on any atom is -0.393 e. The van der Waals surface area contributed by atoms with Crippen molar-refractivity contribution < 1.29 is 5.11 Å². The zero-order valence-corrected chi connectivity index (χ0v) is 8.34. The summed E-state index contributed by atoms with van der Waals surface area (Å²) in [4.78, 5) is 0. The Hall–Kier alpha value is -0.0800. The summed E-state index contributed by atoms with van der Waals surface area (Å²) >= 11 is 0. The van der Waals surface area contributed by atoms with E-state index in [4.69, 9.17) is 0 Å². The molecule has 2 nitrogen and oxygen atoms in total. The largest absolute Gasteiger partial charge is 0.393 e. The van der Waals surface area contributed by atoms with Crippen molar-refractivity contribution in [2.75, 3.05) is 13.1 Å². The van der Waals surface area contributed by atoms with E-state index >= 15 is 0 Å². The summed E-state index contributed by atoms with van der Waals surface area (Å²) < 4.78 is 0. The first-order chi connectivity index (χ1) is 6.38. The van der Waals surface area contributed by atoms with Gasteiger partial charge in [0.15, 0.2) is 0 Å². The highest BCUT2D eigenvalue weighted by atomic mass is 16.3. The fraction of sp³-hybridized carbons (Fsp3) is 1.00. The molecule has 3 atom stereocenters. The lowest BCUT2D eigenvalue weighted by molar-refractivity contribution is 0.0296. The number of hydrogen-bond donors (Lipinski definition) is 2. The fourth-order valence-electron chi connectivity index (χ4n) is 2.93. The molecule has 2 rings (SSSR count). The van der Waals surface area contributed by atoms with Gasteiger partial charge in [-0.05, 0) is 50.6 Å². The van der Waals surface area contributed by atoms with Crippen LogP contribution < -0.4 is 5.32 Å². The van der Waals surface area contributed by atoms with E-state index in [-0.39, 0.29) is 6.10 Å². The highest BCUT2D eigenvalue weighted by Gasteiger charge is 2.30. The summed E-state index contributed by atoms with van der Waals surface area (Å²) in [5, 5.41) is 13.3. The Balaban J connectivity index is 1.88. The van der Waals surface area contributed by atoms with Crippen LogP contribution in [0.2, 0.25) is 0 Å². The molecule has 0 spiro atoms. The summed E-state index contributed by atoms with van der Waals surface area (Å²) in [5.74, 6) is 1.35. The quantitative estimate of drug-likeness (QED) is 0.646. The van der Waals surface area contributed by atoms with Crippen LogP contribution in [0, 0.1) is 11.8 Å². The predicted molar refractivity (Wildman–Crippen MR) is 53.6 cm³/mol. The maximum Gasteiger partial charge on any atom is 0.0571 e. The van der Waals surface area contributed by atoms with E-state index in [9.17, 15) is 5.11 Å². The highest BCUT2D eigenvalue weighted by molar-refractivity contribution is 4.83. The summed E-state index contributed by atoms with van der Waals surface area (Å²) in [7, 11) is 0. The van der Waals surface area contributed by atoms with Gasteiger partial charge >= 0.3 is 0 Å². The van der Waals surface area contributed by atoms with E-state index in [0.717, 1.165) is 18.9 Å². The molecule has 1 aliphatic heterocycles. The first-order valence-corrected chi connectivity index (χ1v) is 5.76. The van der Waals surface area contributed by atoms with Crippen molar-refractivity contribution in [2.24, 2.45) is 11.8 Å². The van der Waals surface area contributed by atoms with Crippen molar-refractivity contribution in [3.63, 3.8) is 0 Å². The molecule has 2 aliphatic rings. The standard InChI is InChI=1S/C11H21NO/c13-11-6-2-1-5-10(11)9-4-3-7-12-8-9/h9-13H,1-8H2. The molecule has 3 unspecified atom stereocenters. The van der Waals surface area contributed by atoms with Crippen LogP contribution in [-0.4, -0.2) is 24.3 Å². The summed E-state index contributed by atoms with van der Waals surface area (Å²) in [5.41, 5.74) is 0. The SMILES string of the molecule is OC1CCCCC1C1CCCNC1. The van der Waals surface area contributed by atoms with Gasteiger partial charge in [-0.3, -0.25) is 0 Å². The predicted octanol–water partition coefficient (Wildman–Crippen LogP) is 1.54. The van der Waals surface area contributed by atoms with Crippen LogP contribution in [0.4, 0.5) is 0 Å². The smallest absolute Gasteiger partial charge is 0.0571 e. The third-order valence-corrected chi connectivity index (χ3v) is 3.72. The van der Waals surface area contributed by atoms with E-state index in [2.05, 4.69) is 5.32 Å². The maximum atomic E-state index is 9.89. The van der Waals surface area contributed by atoms with Crippen molar-refractivity contribution in [3.8, 4) is 0 Å². The van der Waals surface area contributed by atoms with Gasteiger partial charge < -0.3 is 10.4 Å². The van der Waals surface area contributed by atoms with Crippen molar-refractivity contribution in [1.29, 1.82) is 0 Å². The van der Waals surface area contributed by atoms with Crippen molar-refractivity contribution >= 4 is 0 Å². The van der Waals surface area contributed by atoms with Gasteiger partial charge in [0.2, 0.25) is 0 Å². The molecule has 0 radical (unpaired) electrons. The highest BCUT2D eigenvalue weighted by Crippen LogP contribution is 2.33. The van der Waals surface area contributed by atoms with Gasteiger partial charge in [-0.25, -0.2) is 0 Å². The normalized spacial score (nSPS) is 41.8. The van der Waals surface area contributed by atoms with Gasteiger partial charge in [0.1, 0.15) is 0 Å². The number of nitrogens with one attached hydrogen (secondary N) is 1. The Kier molecular flexibility index (Phi) is 3.23. The Morgan fingerprint density at radius 3 is 2.54 bits per heavy atom. The molecule has 2 fully saturated rings. The average molecular weight is 183 g/mol. The fourth-order valence-corrected chi connectivity index (χ4v) is 2.93. The summed E-state index contributed by atoms with van der Waals surface area (Å²) in [6.45, 7) is 2.32. The van der Waals surface area contributed by atoms with Crippen molar-refractivity contribution in [2.45, 2.75) is 44.6 Å². The number of hydrogen-bond acceptors (Lipinski definition) is 2. The van der Waals surface area contributed by atoms with Crippen molar-refractivity contribution in [3.05, 3.63) is 0 Å². The minimum atomic E-state index is -0.00125. The van der Waals surface area contributed by atoms with Crippen LogP contribution in [0.5, 0.6) is 0 Å². The Labute approximate surface area is 80.7 Å². The second-order valence-corrected chi connectivity index (χ2v) is 4.62. The molecule has 2 heteroatoms. The Bertz CT molecular complexity index is 154. The summed E-state index contributed by atoms with van der Waals surface area (Å²) in [6, 6.07) is 0. The average Bonchev–Trinajstić information content (AvgIpc) is 2.20.